The Bertz CT molecular complexity index is 149. The van der Waals surface area contributed by atoms with Gasteiger partial charge in [-0.3, -0.25) is 4.79 Å². The zero-order valence-electron chi connectivity index (χ0n) is 6.76. The van der Waals surface area contributed by atoms with Crippen molar-refractivity contribution < 1.29 is 4.79 Å². The smallest absolute Gasteiger partial charge is 0.234 e. The summed E-state index contributed by atoms with van der Waals surface area (Å²) >= 11 is 0. The third kappa shape index (κ3) is 2.48. The molecule has 1 heterocycles. The van der Waals surface area contributed by atoms with Gasteiger partial charge in [-0.25, -0.2) is 0 Å². The van der Waals surface area contributed by atoms with Crippen LogP contribution in [0.1, 0.15) is 13.3 Å². The van der Waals surface area contributed by atoms with Gasteiger partial charge in [0.05, 0.1) is 6.04 Å². The van der Waals surface area contributed by atoms with Gasteiger partial charge in [0.1, 0.15) is 0 Å². The van der Waals surface area contributed by atoms with Crippen LogP contribution in [-0.4, -0.2) is 31.1 Å². The molecule has 4 nitrogen and oxygen atoms in total. The molecule has 0 radical (unpaired) electrons. The molecule has 2 unspecified atom stereocenters. The minimum Gasteiger partial charge on any atom is -0.368 e. The lowest BCUT2D eigenvalue weighted by atomic mass is 10.2. The van der Waals surface area contributed by atoms with Crippen LogP contribution in [0.2, 0.25) is 0 Å². The van der Waals surface area contributed by atoms with E-state index in [1.165, 1.54) is 0 Å². The first-order valence-corrected chi connectivity index (χ1v) is 3.96. The summed E-state index contributed by atoms with van der Waals surface area (Å²) in [6.45, 7) is 3.81. The van der Waals surface area contributed by atoms with Gasteiger partial charge in [-0.2, -0.15) is 0 Å². The molecule has 1 amide bonds. The second-order valence-electron chi connectivity index (χ2n) is 3.02. The van der Waals surface area contributed by atoms with Crippen molar-refractivity contribution in [2.75, 3.05) is 13.1 Å². The molecule has 11 heavy (non-hydrogen) atoms. The molecule has 2 atom stereocenters. The number of amides is 1. The summed E-state index contributed by atoms with van der Waals surface area (Å²) in [5.74, 6) is -0.249. The van der Waals surface area contributed by atoms with E-state index in [0.717, 1.165) is 19.5 Å². The van der Waals surface area contributed by atoms with Crippen LogP contribution in [-0.2, 0) is 4.79 Å². The SMILES string of the molecule is CC1CNCCC(C(N)=O)N1. The second kappa shape index (κ2) is 3.69. The number of rotatable bonds is 1. The van der Waals surface area contributed by atoms with Gasteiger partial charge in [-0.15, -0.1) is 0 Å². The summed E-state index contributed by atoms with van der Waals surface area (Å²) < 4.78 is 0. The Morgan fingerprint density at radius 3 is 3.00 bits per heavy atom. The van der Waals surface area contributed by atoms with Crippen LogP contribution < -0.4 is 16.4 Å². The lowest BCUT2D eigenvalue weighted by molar-refractivity contribution is -0.120. The molecule has 0 spiro atoms. The highest BCUT2D eigenvalue weighted by atomic mass is 16.1. The fraction of sp³-hybridized carbons (Fsp3) is 0.857. The first kappa shape index (κ1) is 8.49. The molecular weight excluding hydrogens is 142 g/mol. The molecule has 0 aliphatic carbocycles. The van der Waals surface area contributed by atoms with E-state index in [2.05, 4.69) is 10.6 Å². The van der Waals surface area contributed by atoms with E-state index in [0.29, 0.717) is 6.04 Å². The van der Waals surface area contributed by atoms with E-state index in [-0.39, 0.29) is 11.9 Å². The van der Waals surface area contributed by atoms with Crippen LogP contribution in [0.15, 0.2) is 0 Å². The van der Waals surface area contributed by atoms with E-state index >= 15 is 0 Å². The van der Waals surface area contributed by atoms with Gasteiger partial charge in [0, 0.05) is 12.6 Å². The largest absolute Gasteiger partial charge is 0.368 e. The molecule has 4 N–H and O–H groups in total. The van der Waals surface area contributed by atoms with E-state index in [1.54, 1.807) is 0 Å². The highest BCUT2D eigenvalue weighted by molar-refractivity contribution is 5.79. The minimum absolute atomic E-state index is 0.153. The quantitative estimate of drug-likeness (QED) is 0.448. The Morgan fingerprint density at radius 2 is 2.36 bits per heavy atom. The van der Waals surface area contributed by atoms with Gasteiger partial charge in [0.15, 0.2) is 0 Å². The summed E-state index contributed by atoms with van der Waals surface area (Å²) in [4.78, 5) is 10.8. The molecule has 64 valence electrons. The van der Waals surface area contributed by atoms with Crippen LogP contribution in [0.4, 0.5) is 0 Å². The predicted molar refractivity (Wildman–Crippen MR) is 43.1 cm³/mol. The van der Waals surface area contributed by atoms with Gasteiger partial charge >= 0.3 is 0 Å². The first-order chi connectivity index (χ1) is 5.20. The van der Waals surface area contributed by atoms with Gasteiger partial charge in [0.25, 0.3) is 0 Å². The summed E-state index contributed by atoms with van der Waals surface area (Å²) in [5, 5.41) is 6.35. The van der Waals surface area contributed by atoms with E-state index in [4.69, 9.17) is 5.73 Å². The van der Waals surface area contributed by atoms with Crippen LogP contribution in [0.25, 0.3) is 0 Å². The van der Waals surface area contributed by atoms with E-state index < -0.39 is 0 Å². The highest BCUT2D eigenvalue weighted by Gasteiger charge is 2.19. The van der Waals surface area contributed by atoms with Crippen LogP contribution >= 0.6 is 0 Å². The number of carbonyl (C=O) groups excluding carboxylic acids is 1. The van der Waals surface area contributed by atoms with Crippen molar-refractivity contribution >= 4 is 5.91 Å². The maximum absolute atomic E-state index is 10.8. The maximum Gasteiger partial charge on any atom is 0.234 e. The topological polar surface area (TPSA) is 67.1 Å². The minimum atomic E-state index is -0.249. The third-order valence-electron chi connectivity index (χ3n) is 1.89. The van der Waals surface area contributed by atoms with Crippen molar-refractivity contribution in [3.05, 3.63) is 0 Å². The number of primary amides is 1. The van der Waals surface area contributed by atoms with E-state index in [1.807, 2.05) is 6.92 Å². The lowest BCUT2D eigenvalue weighted by Crippen LogP contribution is -2.45. The van der Waals surface area contributed by atoms with Gasteiger partial charge in [-0.05, 0) is 19.9 Å². The number of carbonyl (C=O) groups is 1. The molecule has 1 aliphatic heterocycles. The zero-order valence-corrected chi connectivity index (χ0v) is 6.76. The Hall–Kier alpha value is -0.610. The fourth-order valence-corrected chi connectivity index (χ4v) is 1.28. The standard InChI is InChI=1S/C7H15N3O/c1-5-4-9-3-2-6(10-5)7(8)11/h5-6,9-10H,2-4H2,1H3,(H2,8,11). The van der Waals surface area contributed by atoms with Crippen molar-refractivity contribution in [2.45, 2.75) is 25.4 Å². The second-order valence-corrected chi connectivity index (χ2v) is 3.02. The van der Waals surface area contributed by atoms with Crippen molar-refractivity contribution in [2.24, 2.45) is 5.73 Å². The normalized spacial score (nSPS) is 32.8. The molecular formula is C7H15N3O. The van der Waals surface area contributed by atoms with Crippen molar-refractivity contribution in [1.82, 2.24) is 10.6 Å². The van der Waals surface area contributed by atoms with E-state index in [9.17, 15) is 4.79 Å². The molecule has 0 aromatic rings. The van der Waals surface area contributed by atoms with Crippen LogP contribution in [0, 0.1) is 0 Å². The third-order valence-corrected chi connectivity index (χ3v) is 1.89. The summed E-state index contributed by atoms with van der Waals surface area (Å²) in [6.07, 6.45) is 0.791. The van der Waals surface area contributed by atoms with Crippen molar-refractivity contribution in [3.63, 3.8) is 0 Å². The lowest BCUT2D eigenvalue weighted by Gasteiger charge is -2.15. The average Bonchev–Trinajstić information content (AvgIpc) is 2.13. The van der Waals surface area contributed by atoms with Crippen LogP contribution in [0.5, 0.6) is 0 Å². The molecule has 0 saturated carbocycles. The molecule has 4 heteroatoms. The van der Waals surface area contributed by atoms with Crippen molar-refractivity contribution in [1.29, 1.82) is 0 Å². The molecule has 0 aromatic heterocycles. The van der Waals surface area contributed by atoms with Gasteiger partial charge in [-0.1, -0.05) is 0 Å². The monoisotopic (exact) mass is 157 g/mol. The molecule has 1 aliphatic rings. The number of nitrogens with one attached hydrogen (secondary N) is 2. The van der Waals surface area contributed by atoms with Crippen LogP contribution in [0.3, 0.4) is 0 Å². The molecule has 1 fully saturated rings. The molecule has 1 saturated heterocycles. The first-order valence-electron chi connectivity index (χ1n) is 3.96. The molecule has 0 aromatic carbocycles. The predicted octanol–water partition coefficient (Wildman–Crippen LogP) is -1.19. The number of nitrogens with two attached hydrogens (primary N) is 1. The summed E-state index contributed by atoms with van der Waals surface area (Å²) in [7, 11) is 0. The van der Waals surface area contributed by atoms with Gasteiger partial charge in [0.2, 0.25) is 5.91 Å². The molecule has 0 bridgehead atoms. The number of hydrogen-bond donors (Lipinski definition) is 3. The Morgan fingerprint density at radius 1 is 1.64 bits per heavy atom. The summed E-state index contributed by atoms with van der Waals surface area (Å²) in [5.41, 5.74) is 5.17. The van der Waals surface area contributed by atoms with Gasteiger partial charge < -0.3 is 16.4 Å². The Labute approximate surface area is 66.5 Å². The Balaban J connectivity index is 2.45. The zero-order chi connectivity index (χ0) is 8.27. The maximum atomic E-state index is 10.8. The highest BCUT2D eigenvalue weighted by Crippen LogP contribution is 1.96. The summed E-state index contributed by atoms with van der Waals surface area (Å²) in [6, 6.07) is 0.176. The Kier molecular flexibility index (Phi) is 2.84. The van der Waals surface area contributed by atoms with Crippen molar-refractivity contribution in [3.8, 4) is 0 Å². The molecule has 1 rings (SSSR count). The fourth-order valence-electron chi connectivity index (χ4n) is 1.28. The number of hydrogen-bond acceptors (Lipinski definition) is 3. The average molecular weight is 157 g/mol.